The van der Waals surface area contributed by atoms with Crippen molar-refractivity contribution in [1.29, 1.82) is 0 Å². The van der Waals surface area contributed by atoms with Crippen LogP contribution >= 0.6 is 0 Å². The molecule has 2 aromatic rings. The Hall–Kier alpha value is -2.25. The summed E-state index contributed by atoms with van der Waals surface area (Å²) in [6, 6.07) is 1.50. The lowest BCUT2D eigenvalue weighted by Crippen LogP contribution is -2.21. The van der Waals surface area contributed by atoms with Gasteiger partial charge in [-0.2, -0.15) is 5.10 Å². The number of carboxylic acids is 1. The van der Waals surface area contributed by atoms with Gasteiger partial charge in [-0.25, -0.2) is 4.68 Å². The zero-order valence-electron chi connectivity index (χ0n) is 11.1. The zero-order chi connectivity index (χ0) is 14.0. The van der Waals surface area contributed by atoms with Gasteiger partial charge in [-0.3, -0.25) is 9.48 Å². The van der Waals surface area contributed by atoms with E-state index in [-0.39, 0.29) is 18.4 Å². The number of aryl methyl sites for hydroxylation is 1. The number of nitrogens with zero attached hydrogens (tertiary/aromatic N) is 6. The minimum atomic E-state index is -0.870. The third kappa shape index (κ3) is 2.61. The van der Waals surface area contributed by atoms with E-state index >= 15 is 0 Å². The van der Waals surface area contributed by atoms with E-state index in [0.717, 1.165) is 5.69 Å². The number of rotatable bonds is 5. The fraction of sp³-hybridized carbons (Fsp3) is 0.545. The highest BCUT2D eigenvalue weighted by atomic mass is 16.4. The van der Waals surface area contributed by atoms with Crippen molar-refractivity contribution in [1.82, 2.24) is 30.0 Å². The van der Waals surface area contributed by atoms with Crippen molar-refractivity contribution in [2.75, 3.05) is 0 Å². The summed E-state index contributed by atoms with van der Waals surface area (Å²) in [7, 11) is 1.79. The highest BCUT2D eigenvalue weighted by Gasteiger charge is 2.25. The molecule has 0 saturated carbocycles. The van der Waals surface area contributed by atoms with Crippen molar-refractivity contribution in [2.24, 2.45) is 13.0 Å². The molecule has 0 bridgehead atoms. The van der Waals surface area contributed by atoms with Gasteiger partial charge in [0.1, 0.15) is 5.69 Å². The minimum Gasteiger partial charge on any atom is -0.481 e. The number of carboxylic acid groups (broad SMARTS) is 1. The minimum absolute atomic E-state index is 0.0203. The number of tetrazole rings is 1. The van der Waals surface area contributed by atoms with Crippen LogP contribution in [0.4, 0.5) is 0 Å². The van der Waals surface area contributed by atoms with E-state index in [1.807, 2.05) is 13.8 Å². The molecule has 0 fully saturated rings. The Labute approximate surface area is 110 Å². The summed E-state index contributed by atoms with van der Waals surface area (Å²) in [6.07, 6.45) is 1.63. The summed E-state index contributed by atoms with van der Waals surface area (Å²) in [4.78, 5) is 11.0. The summed E-state index contributed by atoms with van der Waals surface area (Å²) >= 11 is 0. The Bertz CT molecular complexity index is 573. The quantitative estimate of drug-likeness (QED) is 0.855. The van der Waals surface area contributed by atoms with Crippen molar-refractivity contribution < 1.29 is 9.90 Å². The lowest BCUT2D eigenvalue weighted by Gasteiger charge is -2.19. The largest absolute Gasteiger partial charge is 0.481 e. The van der Waals surface area contributed by atoms with E-state index in [1.54, 1.807) is 28.7 Å². The Morgan fingerprint density at radius 1 is 1.47 bits per heavy atom. The summed E-state index contributed by atoms with van der Waals surface area (Å²) in [6.45, 7) is 3.89. The molecule has 0 spiro atoms. The molecule has 19 heavy (non-hydrogen) atoms. The third-order valence-electron chi connectivity index (χ3n) is 3.01. The van der Waals surface area contributed by atoms with Gasteiger partial charge < -0.3 is 5.11 Å². The molecular weight excluding hydrogens is 248 g/mol. The maximum atomic E-state index is 11.0. The van der Waals surface area contributed by atoms with Crippen LogP contribution in [0.3, 0.4) is 0 Å². The summed E-state index contributed by atoms with van der Waals surface area (Å²) in [5.74, 6) is -0.239. The average Bonchev–Trinajstić information content (AvgIpc) is 2.93. The van der Waals surface area contributed by atoms with Crippen LogP contribution in [-0.2, 0) is 11.8 Å². The molecule has 0 aliphatic rings. The lowest BCUT2D eigenvalue weighted by molar-refractivity contribution is -0.138. The van der Waals surface area contributed by atoms with E-state index in [0.29, 0.717) is 5.82 Å². The van der Waals surface area contributed by atoms with E-state index in [9.17, 15) is 4.79 Å². The van der Waals surface area contributed by atoms with Crippen molar-refractivity contribution in [2.45, 2.75) is 26.3 Å². The molecule has 0 aliphatic carbocycles. The highest BCUT2D eigenvalue weighted by molar-refractivity contribution is 5.67. The van der Waals surface area contributed by atoms with Gasteiger partial charge in [-0.15, -0.1) is 5.10 Å². The number of carbonyl (C=O) groups is 1. The van der Waals surface area contributed by atoms with Crippen molar-refractivity contribution in [3.05, 3.63) is 12.3 Å². The van der Waals surface area contributed by atoms with Crippen molar-refractivity contribution >= 4 is 5.97 Å². The van der Waals surface area contributed by atoms with Gasteiger partial charge >= 0.3 is 5.97 Å². The maximum absolute atomic E-state index is 11.0. The van der Waals surface area contributed by atoms with E-state index in [2.05, 4.69) is 20.6 Å². The van der Waals surface area contributed by atoms with Gasteiger partial charge in [0.25, 0.3) is 0 Å². The summed E-state index contributed by atoms with van der Waals surface area (Å²) < 4.78 is 3.22. The van der Waals surface area contributed by atoms with Gasteiger partial charge in [0.05, 0.1) is 12.5 Å². The first-order valence-electron chi connectivity index (χ1n) is 5.98. The Balaban J connectivity index is 2.42. The molecule has 0 radical (unpaired) electrons. The predicted molar refractivity (Wildman–Crippen MR) is 66.1 cm³/mol. The lowest BCUT2D eigenvalue weighted by atomic mass is 10.0. The average molecular weight is 264 g/mol. The molecule has 2 heterocycles. The molecular formula is C11H16N6O2. The summed E-state index contributed by atoms with van der Waals surface area (Å²) in [5, 5.41) is 24.7. The molecule has 2 rings (SSSR count). The first-order chi connectivity index (χ1) is 9.00. The number of hydrogen-bond donors (Lipinski definition) is 1. The van der Waals surface area contributed by atoms with Crippen LogP contribution in [0, 0.1) is 5.92 Å². The van der Waals surface area contributed by atoms with Crippen LogP contribution in [0.5, 0.6) is 0 Å². The number of hydrogen-bond acceptors (Lipinski definition) is 5. The van der Waals surface area contributed by atoms with Crippen LogP contribution in [0.1, 0.15) is 26.3 Å². The molecule has 102 valence electrons. The van der Waals surface area contributed by atoms with E-state index < -0.39 is 5.97 Å². The van der Waals surface area contributed by atoms with Gasteiger partial charge in [0.2, 0.25) is 5.82 Å². The van der Waals surface area contributed by atoms with Crippen LogP contribution in [0.25, 0.3) is 11.5 Å². The Morgan fingerprint density at radius 3 is 2.74 bits per heavy atom. The molecule has 1 unspecified atom stereocenters. The SMILES string of the molecule is CC(C)C(CC(=O)O)n1nnnc1-c1ccnn1C. The van der Waals surface area contributed by atoms with Crippen LogP contribution in [0.15, 0.2) is 12.3 Å². The Morgan fingerprint density at radius 2 is 2.21 bits per heavy atom. The summed E-state index contributed by atoms with van der Waals surface area (Å²) in [5.41, 5.74) is 0.751. The van der Waals surface area contributed by atoms with Crippen molar-refractivity contribution in [3.8, 4) is 11.5 Å². The first-order valence-corrected chi connectivity index (χ1v) is 5.98. The molecule has 0 aliphatic heterocycles. The number of aromatic nitrogens is 6. The fourth-order valence-corrected chi connectivity index (χ4v) is 1.96. The van der Waals surface area contributed by atoms with Crippen LogP contribution in [0.2, 0.25) is 0 Å². The molecule has 0 amide bonds. The number of aliphatic carboxylic acids is 1. The molecule has 1 atom stereocenters. The second kappa shape index (κ2) is 5.17. The molecule has 8 nitrogen and oxygen atoms in total. The maximum Gasteiger partial charge on any atom is 0.305 e. The molecule has 0 aromatic carbocycles. The molecule has 2 aromatic heterocycles. The standard InChI is InChI=1S/C11H16N6O2/c1-7(2)9(6-10(18)19)17-11(13-14-15-17)8-4-5-12-16(8)3/h4-5,7,9H,6H2,1-3H3,(H,18,19). The topological polar surface area (TPSA) is 98.7 Å². The van der Waals surface area contributed by atoms with Gasteiger partial charge in [0, 0.05) is 13.2 Å². The van der Waals surface area contributed by atoms with Gasteiger partial charge in [-0.05, 0) is 22.4 Å². The molecule has 0 saturated heterocycles. The molecule has 8 heteroatoms. The highest BCUT2D eigenvalue weighted by Crippen LogP contribution is 2.25. The first kappa shape index (κ1) is 13.2. The molecule has 1 N–H and O–H groups in total. The zero-order valence-corrected chi connectivity index (χ0v) is 11.1. The van der Waals surface area contributed by atoms with Crippen LogP contribution in [-0.4, -0.2) is 41.1 Å². The second-order valence-electron chi connectivity index (χ2n) is 4.70. The van der Waals surface area contributed by atoms with E-state index in [1.165, 1.54) is 0 Å². The van der Waals surface area contributed by atoms with Crippen LogP contribution < -0.4 is 0 Å². The normalized spacial score (nSPS) is 12.8. The van der Waals surface area contributed by atoms with Gasteiger partial charge in [0.15, 0.2) is 0 Å². The monoisotopic (exact) mass is 264 g/mol. The fourth-order valence-electron chi connectivity index (χ4n) is 1.96. The van der Waals surface area contributed by atoms with Crippen molar-refractivity contribution in [3.63, 3.8) is 0 Å². The smallest absolute Gasteiger partial charge is 0.305 e. The van der Waals surface area contributed by atoms with E-state index in [4.69, 9.17) is 5.11 Å². The predicted octanol–water partition coefficient (Wildman–Crippen LogP) is 0.745. The Kier molecular flexibility index (Phi) is 3.59. The third-order valence-corrected chi connectivity index (χ3v) is 3.01. The second-order valence-corrected chi connectivity index (χ2v) is 4.70. The van der Waals surface area contributed by atoms with Gasteiger partial charge in [-0.1, -0.05) is 13.8 Å².